The van der Waals surface area contributed by atoms with Gasteiger partial charge in [0.15, 0.2) is 0 Å². The van der Waals surface area contributed by atoms with Crippen LogP contribution in [0.4, 0.5) is 0 Å². The number of likely N-dealkylation sites (N-methyl/N-ethyl adjacent to an activating group) is 1. The molecule has 4 heteroatoms. The zero-order valence-electron chi connectivity index (χ0n) is 7.58. The Morgan fingerprint density at radius 3 is 3.00 bits per heavy atom. The van der Waals surface area contributed by atoms with E-state index in [4.69, 9.17) is 5.11 Å². The van der Waals surface area contributed by atoms with Crippen molar-refractivity contribution in [2.45, 2.75) is 12.3 Å². The van der Waals surface area contributed by atoms with E-state index < -0.39 is 5.97 Å². The van der Waals surface area contributed by atoms with Gasteiger partial charge in [-0.15, -0.1) is 0 Å². The van der Waals surface area contributed by atoms with Crippen molar-refractivity contribution < 1.29 is 9.90 Å². The number of aromatic amines is 1. The second-order valence-electron chi connectivity index (χ2n) is 2.98. The highest BCUT2D eigenvalue weighted by Crippen LogP contribution is 2.16. The van der Waals surface area contributed by atoms with Gasteiger partial charge in [-0.1, -0.05) is 0 Å². The van der Waals surface area contributed by atoms with E-state index >= 15 is 0 Å². The monoisotopic (exact) mass is 182 g/mol. The molecule has 1 atom stereocenters. The number of nitrogens with one attached hydrogen (secondary N) is 2. The zero-order chi connectivity index (χ0) is 9.68. The number of aromatic nitrogens is 1. The molecule has 4 nitrogen and oxygen atoms in total. The van der Waals surface area contributed by atoms with Gasteiger partial charge in [-0.25, -0.2) is 0 Å². The summed E-state index contributed by atoms with van der Waals surface area (Å²) in [7, 11) is 1.82. The van der Waals surface area contributed by atoms with Gasteiger partial charge in [0.2, 0.25) is 0 Å². The van der Waals surface area contributed by atoms with Gasteiger partial charge in [0, 0.05) is 24.4 Å². The average Bonchev–Trinajstić information content (AvgIpc) is 2.54. The van der Waals surface area contributed by atoms with Crippen LogP contribution < -0.4 is 5.32 Å². The molecule has 0 aliphatic rings. The summed E-state index contributed by atoms with van der Waals surface area (Å²) in [6.45, 7) is 0.673. The normalized spacial score (nSPS) is 12.7. The predicted molar refractivity (Wildman–Crippen MR) is 49.7 cm³/mol. The van der Waals surface area contributed by atoms with Gasteiger partial charge in [0.1, 0.15) is 0 Å². The molecule has 1 aromatic rings. The standard InChI is InChI=1S/C9H14N2O2/c1-10-6-7(5-9(12)13)8-3-2-4-11-8/h2-4,7,10-11H,5-6H2,1H3,(H,12,13). The van der Waals surface area contributed by atoms with Crippen molar-refractivity contribution in [3.8, 4) is 0 Å². The van der Waals surface area contributed by atoms with Crippen LogP contribution in [0.5, 0.6) is 0 Å². The van der Waals surface area contributed by atoms with Crippen LogP contribution in [0.15, 0.2) is 18.3 Å². The summed E-state index contributed by atoms with van der Waals surface area (Å²) in [6, 6.07) is 3.78. The first kappa shape index (κ1) is 9.80. The van der Waals surface area contributed by atoms with Gasteiger partial charge in [-0.2, -0.15) is 0 Å². The molecule has 0 amide bonds. The molecule has 0 fully saturated rings. The van der Waals surface area contributed by atoms with E-state index in [0.717, 1.165) is 5.69 Å². The van der Waals surface area contributed by atoms with E-state index in [1.165, 1.54) is 0 Å². The molecule has 0 aliphatic carbocycles. The number of carboxylic acid groups (broad SMARTS) is 1. The Bertz CT molecular complexity index is 257. The number of hydrogen-bond donors (Lipinski definition) is 3. The summed E-state index contributed by atoms with van der Waals surface area (Å²) in [6.07, 6.45) is 1.96. The minimum Gasteiger partial charge on any atom is -0.481 e. The fourth-order valence-corrected chi connectivity index (χ4v) is 1.35. The highest BCUT2D eigenvalue weighted by Gasteiger charge is 2.14. The molecule has 0 radical (unpaired) electrons. The smallest absolute Gasteiger partial charge is 0.304 e. The van der Waals surface area contributed by atoms with Gasteiger partial charge in [0.25, 0.3) is 0 Å². The molecular weight excluding hydrogens is 168 g/mol. The summed E-state index contributed by atoms with van der Waals surface area (Å²) in [4.78, 5) is 13.6. The van der Waals surface area contributed by atoms with Gasteiger partial charge in [-0.05, 0) is 19.2 Å². The molecule has 1 aromatic heterocycles. The van der Waals surface area contributed by atoms with E-state index in [1.807, 2.05) is 19.2 Å². The van der Waals surface area contributed by atoms with Crippen molar-refractivity contribution >= 4 is 5.97 Å². The lowest BCUT2D eigenvalue weighted by atomic mass is 10.0. The molecule has 0 saturated carbocycles. The fraction of sp³-hybridized carbons (Fsp3) is 0.444. The third-order valence-corrected chi connectivity index (χ3v) is 1.93. The highest BCUT2D eigenvalue weighted by atomic mass is 16.4. The predicted octanol–water partition coefficient (Wildman–Crippen LogP) is 0.792. The van der Waals surface area contributed by atoms with Crippen molar-refractivity contribution in [2.75, 3.05) is 13.6 Å². The van der Waals surface area contributed by atoms with Crippen molar-refractivity contribution in [3.05, 3.63) is 24.0 Å². The van der Waals surface area contributed by atoms with E-state index in [-0.39, 0.29) is 12.3 Å². The molecule has 1 unspecified atom stereocenters. The third kappa shape index (κ3) is 2.91. The molecule has 0 saturated heterocycles. The lowest BCUT2D eigenvalue weighted by molar-refractivity contribution is -0.137. The first-order chi connectivity index (χ1) is 6.24. The quantitative estimate of drug-likeness (QED) is 0.630. The van der Waals surface area contributed by atoms with Crippen LogP contribution in [-0.2, 0) is 4.79 Å². The maximum absolute atomic E-state index is 10.5. The summed E-state index contributed by atoms with van der Waals surface area (Å²) < 4.78 is 0. The minimum absolute atomic E-state index is 0.0255. The van der Waals surface area contributed by atoms with Gasteiger partial charge in [0.05, 0.1) is 6.42 Å². The number of rotatable bonds is 5. The van der Waals surface area contributed by atoms with Crippen molar-refractivity contribution in [1.29, 1.82) is 0 Å². The Hall–Kier alpha value is -1.29. The summed E-state index contributed by atoms with van der Waals surface area (Å²) >= 11 is 0. The molecule has 0 bridgehead atoms. The fourth-order valence-electron chi connectivity index (χ4n) is 1.35. The summed E-state index contributed by atoms with van der Waals surface area (Å²) in [5.41, 5.74) is 0.969. The highest BCUT2D eigenvalue weighted by molar-refractivity contribution is 5.67. The Morgan fingerprint density at radius 2 is 2.54 bits per heavy atom. The number of carboxylic acids is 1. The minimum atomic E-state index is -0.769. The van der Waals surface area contributed by atoms with E-state index in [0.29, 0.717) is 6.54 Å². The molecule has 1 heterocycles. The lowest BCUT2D eigenvalue weighted by Gasteiger charge is -2.12. The molecule has 3 N–H and O–H groups in total. The molecule has 0 aliphatic heterocycles. The van der Waals surface area contributed by atoms with Gasteiger partial charge in [-0.3, -0.25) is 4.79 Å². The average molecular weight is 182 g/mol. The number of hydrogen-bond acceptors (Lipinski definition) is 2. The second kappa shape index (κ2) is 4.67. The van der Waals surface area contributed by atoms with Crippen LogP contribution in [0, 0.1) is 0 Å². The molecular formula is C9H14N2O2. The summed E-state index contributed by atoms with van der Waals surface area (Å²) in [5, 5.41) is 11.6. The molecule has 0 aromatic carbocycles. The van der Waals surface area contributed by atoms with Crippen LogP contribution in [-0.4, -0.2) is 29.7 Å². The van der Waals surface area contributed by atoms with Gasteiger partial charge < -0.3 is 15.4 Å². The number of carbonyl (C=O) groups is 1. The first-order valence-electron chi connectivity index (χ1n) is 4.23. The Labute approximate surface area is 77.0 Å². The SMILES string of the molecule is CNCC(CC(=O)O)c1ccc[nH]1. The third-order valence-electron chi connectivity index (χ3n) is 1.93. The van der Waals surface area contributed by atoms with Crippen LogP contribution >= 0.6 is 0 Å². The van der Waals surface area contributed by atoms with Crippen LogP contribution in [0.3, 0.4) is 0 Å². The van der Waals surface area contributed by atoms with Crippen molar-refractivity contribution in [1.82, 2.24) is 10.3 Å². The first-order valence-corrected chi connectivity index (χ1v) is 4.23. The van der Waals surface area contributed by atoms with Crippen LogP contribution in [0.2, 0.25) is 0 Å². The van der Waals surface area contributed by atoms with Crippen molar-refractivity contribution in [2.24, 2.45) is 0 Å². The van der Waals surface area contributed by atoms with Crippen molar-refractivity contribution in [3.63, 3.8) is 0 Å². The van der Waals surface area contributed by atoms with Gasteiger partial charge >= 0.3 is 5.97 Å². The molecule has 0 spiro atoms. The van der Waals surface area contributed by atoms with Crippen LogP contribution in [0.25, 0.3) is 0 Å². The van der Waals surface area contributed by atoms with Crippen LogP contribution in [0.1, 0.15) is 18.0 Å². The maximum Gasteiger partial charge on any atom is 0.304 e. The topological polar surface area (TPSA) is 65.1 Å². The maximum atomic E-state index is 10.5. The van der Waals surface area contributed by atoms with E-state index in [9.17, 15) is 4.79 Å². The number of H-pyrrole nitrogens is 1. The lowest BCUT2D eigenvalue weighted by Crippen LogP contribution is -2.20. The Morgan fingerprint density at radius 1 is 1.77 bits per heavy atom. The molecule has 72 valence electrons. The largest absolute Gasteiger partial charge is 0.481 e. The molecule has 1 rings (SSSR count). The number of aliphatic carboxylic acids is 1. The zero-order valence-corrected chi connectivity index (χ0v) is 7.58. The van der Waals surface area contributed by atoms with E-state index in [1.54, 1.807) is 6.20 Å². The second-order valence-corrected chi connectivity index (χ2v) is 2.98. The summed E-state index contributed by atoms with van der Waals surface area (Å²) in [5.74, 6) is -0.743. The molecule has 13 heavy (non-hydrogen) atoms. The Kier molecular flexibility index (Phi) is 3.52. The van der Waals surface area contributed by atoms with E-state index in [2.05, 4.69) is 10.3 Å². The Balaban J connectivity index is 2.62.